The molecule has 0 unspecified atom stereocenters. The lowest BCUT2D eigenvalue weighted by Gasteiger charge is -2.09. The number of nitrogens with one attached hydrogen (secondary N) is 1. The molecule has 0 radical (unpaired) electrons. The summed E-state index contributed by atoms with van der Waals surface area (Å²) in [5.41, 5.74) is 6.35. The zero-order valence-electron chi connectivity index (χ0n) is 9.94. The highest BCUT2D eigenvalue weighted by Crippen LogP contribution is 2.15. The van der Waals surface area contributed by atoms with Gasteiger partial charge in [-0.05, 0) is 18.6 Å². The third-order valence-corrected chi connectivity index (χ3v) is 2.15. The molecule has 3 N–H and O–H groups in total. The molecule has 1 aromatic carbocycles. The zero-order valence-corrected chi connectivity index (χ0v) is 10.8. The zero-order chi connectivity index (χ0) is 11.8. The summed E-state index contributed by atoms with van der Waals surface area (Å²) in [7, 11) is 0. The normalized spacial score (nSPS) is 9.29. The van der Waals surface area contributed by atoms with Crippen LogP contribution < -0.4 is 15.8 Å². The van der Waals surface area contributed by atoms with Gasteiger partial charge in [-0.3, -0.25) is 4.79 Å². The molecule has 0 aromatic heterocycles. The van der Waals surface area contributed by atoms with E-state index >= 15 is 0 Å². The van der Waals surface area contributed by atoms with E-state index < -0.39 is 0 Å². The maximum absolute atomic E-state index is 11.1. The molecule has 4 nitrogen and oxygen atoms in total. The number of rotatable bonds is 6. The summed E-state index contributed by atoms with van der Waals surface area (Å²) in [5, 5.41) is 2.73. The minimum atomic E-state index is -0.0316. The van der Waals surface area contributed by atoms with Crippen molar-refractivity contribution in [2.24, 2.45) is 5.73 Å². The minimum absolute atomic E-state index is 0. The summed E-state index contributed by atoms with van der Waals surface area (Å²) < 4.78 is 5.52. The van der Waals surface area contributed by atoms with E-state index in [0.29, 0.717) is 26.1 Å². The average molecular weight is 259 g/mol. The van der Waals surface area contributed by atoms with Crippen molar-refractivity contribution < 1.29 is 9.53 Å². The molecule has 0 saturated carbocycles. The van der Waals surface area contributed by atoms with Crippen molar-refractivity contribution in [3.8, 4) is 5.75 Å². The Balaban J connectivity index is 0.00000256. The Morgan fingerprint density at radius 3 is 2.76 bits per heavy atom. The van der Waals surface area contributed by atoms with Crippen LogP contribution in [0.4, 0.5) is 0 Å². The largest absolute Gasteiger partial charge is 0.491 e. The first-order valence-corrected chi connectivity index (χ1v) is 5.39. The second-order valence-electron chi connectivity index (χ2n) is 3.50. The quantitative estimate of drug-likeness (QED) is 0.755. The summed E-state index contributed by atoms with van der Waals surface area (Å²) in [4.78, 5) is 11.1. The van der Waals surface area contributed by atoms with Gasteiger partial charge >= 0.3 is 0 Å². The second kappa shape index (κ2) is 8.84. The van der Waals surface area contributed by atoms with Gasteiger partial charge in [-0.1, -0.05) is 18.2 Å². The first-order chi connectivity index (χ1) is 7.74. The molecule has 0 saturated heterocycles. The van der Waals surface area contributed by atoms with Crippen LogP contribution in [0.25, 0.3) is 0 Å². The number of carbonyl (C=O) groups is 1. The molecule has 0 bridgehead atoms. The highest BCUT2D eigenvalue weighted by atomic mass is 35.5. The van der Waals surface area contributed by atoms with Gasteiger partial charge in [-0.25, -0.2) is 0 Å². The molecular formula is C12H19ClN2O2. The Kier molecular flexibility index (Phi) is 8.19. The molecule has 1 amide bonds. The summed E-state index contributed by atoms with van der Waals surface area (Å²) >= 11 is 0. The number of aryl methyl sites for hydroxylation is 1. The molecule has 0 aliphatic carbocycles. The highest BCUT2D eigenvalue weighted by Gasteiger charge is 1.99. The maximum atomic E-state index is 11.1. The third-order valence-electron chi connectivity index (χ3n) is 2.15. The maximum Gasteiger partial charge on any atom is 0.221 e. The van der Waals surface area contributed by atoms with E-state index in [1.54, 1.807) is 0 Å². The lowest BCUT2D eigenvalue weighted by molar-refractivity contribution is -0.120. The van der Waals surface area contributed by atoms with E-state index in [-0.39, 0.29) is 18.3 Å². The fourth-order valence-corrected chi connectivity index (χ4v) is 1.29. The molecule has 96 valence electrons. The van der Waals surface area contributed by atoms with Crippen molar-refractivity contribution in [1.82, 2.24) is 5.32 Å². The van der Waals surface area contributed by atoms with Crippen molar-refractivity contribution in [2.45, 2.75) is 13.3 Å². The van der Waals surface area contributed by atoms with Crippen LogP contribution >= 0.6 is 12.4 Å². The molecule has 0 heterocycles. The van der Waals surface area contributed by atoms with Crippen LogP contribution in [0.2, 0.25) is 0 Å². The number of benzene rings is 1. The van der Waals surface area contributed by atoms with Gasteiger partial charge in [0, 0.05) is 13.0 Å². The number of hydrogen-bond acceptors (Lipinski definition) is 3. The van der Waals surface area contributed by atoms with Gasteiger partial charge in [0.15, 0.2) is 0 Å². The number of ether oxygens (including phenoxy) is 1. The van der Waals surface area contributed by atoms with Crippen molar-refractivity contribution in [3.05, 3.63) is 29.8 Å². The molecule has 17 heavy (non-hydrogen) atoms. The van der Waals surface area contributed by atoms with E-state index in [4.69, 9.17) is 10.5 Å². The monoisotopic (exact) mass is 258 g/mol. The van der Waals surface area contributed by atoms with Gasteiger partial charge in [-0.15, -0.1) is 12.4 Å². The lowest BCUT2D eigenvalue weighted by Crippen LogP contribution is -2.29. The van der Waals surface area contributed by atoms with Crippen LogP contribution in [-0.2, 0) is 4.79 Å². The van der Waals surface area contributed by atoms with E-state index in [1.165, 1.54) is 0 Å². The van der Waals surface area contributed by atoms with Crippen molar-refractivity contribution in [1.29, 1.82) is 0 Å². The topological polar surface area (TPSA) is 64.3 Å². The standard InChI is InChI=1S/C12H18N2O2.ClH/c1-10-4-2-3-5-11(10)16-9-8-14-12(15)6-7-13;/h2-5H,6-9,13H2,1H3,(H,14,15);1H. The number of hydrogen-bond donors (Lipinski definition) is 2. The van der Waals surface area contributed by atoms with Crippen LogP contribution in [-0.4, -0.2) is 25.6 Å². The summed E-state index contributed by atoms with van der Waals surface area (Å²) in [5.74, 6) is 0.825. The molecule has 0 spiro atoms. The van der Waals surface area contributed by atoms with Crippen molar-refractivity contribution in [3.63, 3.8) is 0 Å². The molecule has 0 fully saturated rings. The highest BCUT2D eigenvalue weighted by molar-refractivity contribution is 5.85. The Morgan fingerprint density at radius 1 is 1.41 bits per heavy atom. The summed E-state index contributed by atoms with van der Waals surface area (Å²) in [6.45, 7) is 3.35. The van der Waals surface area contributed by atoms with Gasteiger partial charge < -0.3 is 15.8 Å². The van der Waals surface area contributed by atoms with Crippen LogP contribution in [0, 0.1) is 6.92 Å². The Labute approximate surface area is 108 Å². The fourth-order valence-electron chi connectivity index (χ4n) is 1.29. The molecule has 0 aliphatic heterocycles. The van der Waals surface area contributed by atoms with Crippen molar-refractivity contribution >= 4 is 18.3 Å². The van der Waals surface area contributed by atoms with Crippen molar-refractivity contribution in [2.75, 3.05) is 19.7 Å². The van der Waals surface area contributed by atoms with Gasteiger partial charge in [0.25, 0.3) is 0 Å². The van der Waals surface area contributed by atoms with E-state index in [2.05, 4.69) is 5.32 Å². The van der Waals surface area contributed by atoms with E-state index in [9.17, 15) is 4.79 Å². The average Bonchev–Trinajstić information content (AvgIpc) is 2.27. The molecular weight excluding hydrogens is 240 g/mol. The first-order valence-electron chi connectivity index (χ1n) is 5.39. The van der Waals surface area contributed by atoms with Gasteiger partial charge in [0.05, 0.1) is 6.54 Å². The Morgan fingerprint density at radius 2 is 2.12 bits per heavy atom. The van der Waals surface area contributed by atoms with Crippen LogP contribution in [0.3, 0.4) is 0 Å². The predicted octanol–water partition coefficient (Wildman–Crippen LogP) is 1.26. The summed E-state index contributed by atoms with van der Waals surface area (Å²) in [6.07, 6.45) is 0.365. The van der Waals surface area contributed by atoms with E-state index in [1.807, 2.05) is 31.2 Å². The molecule has 1 aromatic rings. The summed E-state index contributed by atoms with van der Waals surface area (Å²) in [6, 6.07) is 7.79. The number of nitrogens with two attached hydrogens (primary N) is 1. The van der Waals surface area contributed by atoms with Gasteiger partial charge in [-0.2, -0.15) is 0 Å². The molecule has 0 aliphatic rings. The Hall–Kier alpha value is -1.26. The lowest BCUT2D eigenvalue weighted by atomic mass is 10.2. The molecule has 0 atom stereocenters. The number of para-hydroxylation sites is 1. The SMILES string of the molecule is Cc1ccccc1OCCNC(=O)CCN.Cl. The third kappa shape index (κ3) is 6.14. The van der Waals surface area contributed by atoms with Crippen LogP contribution in [0.1, 0.15) is 12.0 Å². The van der Waals surface area contributed by atoms with Crippen LogP contribution in [0.15, 0.2) is 24.3 Å². The van der Waals surface area contributed by atoms with E-state index in [0.717, 1.165) is 11.3 Å². The fraction of sp³-hybridized carbons (Fsp3) is 0.417. The van der Waals surface area contributed by atoms with Gasteiger partial charge in [0.2, 0.25) is 5.91 Å². The number of carbonyl (C=O) groups excluding carboxylic acids is 1. The molecule has 1 rings (SSSR count). The van der Waals surface area contributed by atoms with Crippen LogP contribution in [0.5, 0.6) is 5.75 Å². The Bertz CT molecular complexity index is 345. The second-order valence-corrected chi connectivity index (χ2v) is 3.50. The molecule has 5 heteroatoms. The number of amides is 1. The smallest absolute Gasteiger partial charge is 0.221 e. The first kappa shape index (κ1) is 15.7. The van der Waals surface area contributed by atoms with Gasteiger partial charge in [0.1, 0.15) is 12.4 Å². The minimum Gasteiger partial charge on any atom is -0.491 e. The number of halogens is 1. The predicted molar refractivity (Wildman–Crippen MR) is 70.6 cm³/mol.